The van der Waals surface area contributed by atoms with E-state index in [0.29, 0.717) is 40.9 Å². The lowest BCUT2D eigenvalue weighted by Crippen LogP contribution is -2.43. The lowest BCUT2D eigenvalue weighted by atomic mass is 10.2. The molecule has 2 atom stereocenters. The van der Waals surface area contributed by atoms with Gasteiger partial charge in [-0.2, -0.15) is 0 Å². The van der Waals surface area contributed by atoms with Gasteiger partial charge in [0.1, 0.15) is 18.2 Å². The van der Waals surface area contributed by atoms with Crippen LogP contribution >= 0.6 is 0 Å². The summed E-state index contributed by atoms with van der Waals surface area (Å²) in [4.78, 5) is 26.1. The molecule has 0 aliphatic carbocycles. The normalized spacial score (nSPS) is 18.4. The highest BCUT2D eigenvalue weighted by molar-refractivity contribution is 7.89. The van der Waals surface area contributed by atoms with Crippen LogP contribution < -0.4 is 20.3 Å². The molecule has 2 aliphatic heterocycles. The number of rotatable bonds is 10. The monoisotopic (exact) mass is 580 g/mol. The molecule has 12 heteroatoms. The molecule has 3 aromatic rings. The Labute approximate surface area is 240 Å². The van der Waals surface area contributed by atoms with Gasteiger partial charge < -0.3 is 29.9 Å². The third-order valence-corrected chi connectivity index (χ3v) is 7.68. The van der Waals surface area contributed by atoms with Crippen LogP contribution in [0.2, 0.25) is 0 Å². The minimum absolute atomic E-state index is 0.168. The third kappa shape index (κ3) is 8.15. The predicted octanol–water partition coefficient (Wildman–Crippen LogP) is 3.64. The first-order valence-corrected chi connectivity index (χ1v) is 15.7. The van der Waals surface area contributed by atoms with Gasteiger partial charge in [-0.25, -0.2) is 23.2 Å². The number of ether oxygens (including phenoxy) is 2. The first-order valence-electron chi connectivity index (χ1n) is 13.6. The van der Waals surface area contributed by atoms with E-state index in [2.05, 4.69) is 20.5 Å². The van der Waals surface area contributed by atoms with Crippen molar-refractivity contribution in [3.63, 3.8) is 0 Å². The van der Waals surface area contributed by atoms with Crippen molar-refractivity contribution in [2.75, 3.05) is 62.1 Å². The second kappa shape index (κ2) is 12.4. The van der Waals surface area contributed by atoms with Crippen molar-refractivity contribution in [2.45, 2.75) is 30.8 Å². The maximum atomic E-state index is 12.6. The van der Waals surface area contributed by atoms with Gasteiger partial charge in [-0.15, -0.1) is 0 Å². The van der Waals surface area contributed by atoms with Gasteiger partial charge in [0.15, 0.2) is 15.7 Å². The molecule has 2 aliphatic rings. The summed E-state index contributed by atoms with van der Waals surface area (Å²) in [6.07, 6.45) is 3.58. The van der Waals surface area contributed by atoms with Crippen LogP contribution in [-0.4, -0.2) is 88.1 Å². The van der Waals surface area contributed by atoms with Gasteiger partial charge in [-0.1, -0.05) is 0 Å². The molecule has 2 saturated heterocycles. The zero-order chi connectivity index (χ0) is 29.0. The van der Waals surface area contributed by atoms with Crippen LogP contribution in [0.1, 0.15) is 18.5 Å². The third-order valence-electron chi connectivity index (χ3n) is 6.86. The first-order chi connectivity index (χ1) is 19.6. The van der Waals surface area contributed by atoms with Gasteiger partial charge in [-0.3, -0.25) is 0 Å². The quantitative estimate of drug-likeness (QED) is 0.370. The highest BCUT2D eigenvalue weighted by Gasteiger charge is 2.34. The van der Waals surface area contributed by atoms with E-state index in [9.17, 15) is 13.2 Å². The minimum atomic E-state index is -3.29. The summed E-state index contributed by atoms with van der Waals surface area (Å²) in [5.41, 5.74) is 2.39. The van der Waals surface area contributed by atoms with E-state index in [0.717, 1.165) is 38.2 Å². The fourth-order valence-corrected chi connectivity index (χ4v) is 5.58. The second-order valence-electron chi connectivity index (χ2n) is 10.8. The van der Waals surface area contributed by atoms with Crippen LogP contribution in [0.15, 0.2) is 54.6 Å². The molecule has 2 aromatic carbocycles. The van der Waals surface area contributed by atoms with E-state index in [1.54, 1.807) is 30.3 Å². The van der Waals surface area contributed by atoms with Crippen LogP contribution in [0.4, 0.5) is 22.0 Å². The van der Waals surface area contributed by atoms with Crippen LogP contribution in [0, 0.1) is 0 Å². The summed E-state index contributed by atoms with van der Waals surface area (Å²) in [7, 11) is 0.688. The molecule has 5 rings (SSSR count). The number of nitrogens with one attached hydrogen (secondary N) is 2. The van der Waals surface area contributed by atoms with Crippen molar-refractivity contribution < 1.29 is 22.7 Å². The molecule has 2 unspecified atom stereocenters. The predicted molar refractivity (Wildman–Crippen MR) is 159 cm³/mol. The van der Waals surface area contributed by atoms with E-state index >= 15 is 0 Å². The van der Waals surface area contributed by atoms with Gasteiger partial charge in [0.05, 0.1) is 23.7 Å². The largest absolute Gasteiger partial charge is 0.492 e. The maximum absolute atomic E-state index is 12.6. The summed E-state index contributed by atoms with van der Waals surface area (Å²) in [6.45, 7) is 2.83. The van der Waals surface area contributed by atoms with Gasteiger partial charge in [0.25, 0.3) is 0 Å². The number of carbonyl (C=O) groups excluding carboxylic acids is 1. The van der Waals surface area contributed by atoms with E-state index < -0.39 is 9.84 Å². The summed E-state index contributed by atoms with van der Waals surface area (Å²) in [5, 5.41) is 5.64. The van der Waals surface area contributed by atoms with Gasteiger partial charge in [0, 0.05) is 48.9 Å². The number of anilines is 3. The highest BCUT2D eigenvalue weighted by atomic mass is 32.2. The number of amides is 2. The number of sulfone groups is 1. The fourth-order valence-electron chi connectivity index (χ4n) is 4.90. The van der Waals surface area contributed by atoms with Crippen molar-refractivity contribution in [3.8, 4) is 17.1 Å². The number of hydrogen-bond acceptors (Lipinski definition) is 9. The average molecular weight is 581 g/mol. The highest BCUT2D eigenvalue weighted by Crippen LogP contribution is 2.30. The molecule has 2 bridgehead atoms. The Hall–Kier alpha value is -3.74. The fraction of sp³-hybridized carbons (Fsp3) is 0.414. The number of carbonyl (C=O) groups is 1. The van der Waals surface area contributed by atoms with Crippen molar-refractivity contribution in [3.05, 3.63) is 60.3 Å². The Morgan fingerprint density at radius 2 is 1.61 bits per heavy atom. The van der Waals surface area contributed by atoms with E-state index in [1.807, 2.05) is 43.3 Å². The molecular weight excluding hydrogens is 544 g/mol. The number of benzene rings is 2. The van der Waals surface area contributed by atoms with Crippen LogP contribution in [0.3, 0.4) is 0 Å². The Morgan fingerprint density at radius 3 is 2.20 bits per heavy atom. The molecule has 2 N–H and O–H groups in total. The number of fused-ring (bicyclic) bond motifs is 2. The molecular formula is C29H36N6O5S. The molecule has 218 valence electrons. The number of urea groups is 1. The molecule has 2 fully saturated rings. The molecule has 3 heterocycles. The van der Waals surface area contributed by atoms with Gasteiger partial charge in [-0.05, 0) is 75.5 Å². The maximum Gasteiger partial charge on any atom is 0.323 e. The first kappa shape index (κ1) is 28.8. The standard InChI is InChI=1S/C29H36N6O5S/c1-34(2)14-15-39-24-10-8-22(9-11-24)32-29(36)31-21-6-4-20(5-7-21)28-30-23(19-41(3,37)38)16-27(33-28)35-17-25-12-13-26(18-35)40-25/h4-11,16,25-26H,12-15,17-19H2,1-3H3,(H2,31,32,36). The van der Waals surface area contributed by atoms with Crippen LogP contribution in [0.25, 0.3) is 11.4 Å². The van der Waals surface area contributed by atoms with E-state index in [4.69, 9.17) is 14.5 Å². The summed E-state index contributed by atoms with van der Waals surface area (Å²) < 4.78 is 35.8. The topological polar surface area (TPSA) is 126 Å². The van der Waals surface area contributed by atoms with E-state index in [1.165, 1.54) is 6.26 Å². The Morgan fingerprint density at radius 1 is 1.00 bits per heavy atom. The minimum Gasteiger partial charge on any atom is -0.492 e. The smallest absolute Gasteiger partial charge is 0.323 e. The van der Waals surface area contributed by atoms with Crippen LogP contribution in [0.5, 0.6) is 5.75 Å². The molecule has 41 heavy (non-hydrogen) atoms. The van der Waals surface area contributed by atoms with Crippen LogP contribution in [-0.2, 0) is 20.3 Å². The Balaban J connectivity index is 1.25. The number of nitrogens with zero attached hydrogens (tertiary/aromatic N) is 4. The number of aromatic nitrogens is 2. The van der Waals surface area contributed by atoms with Gasteiger partial charge in [0.2, 0.25) is 0 Å². The second-order valence-corrected chi connectivity index (χ2v) is 12.9. The van der Waals surface area contributed by atoms with Gasteiger partial charge >= 0.3 is 6.03 Å². The molecule has 1 aromatic heterocycles. The lowest BCUT2D eigenvalue weighted by molar-refractivity contribution is 0.0302. The Kier molecular flexibility index (Phi) is 8.71. The average Bonchev–Trinajstić information content (AvgIpc) is 3.25. The number of morpholine rings is 1. The van der Waals surface area contributed by atoms with Crippen molar-refractivity contribution in [2.24, 2.45) is 0 Å². The van der Waals surface area contributed by atoms with Crippen molar-refractivity contribution in [1.82, 2.24) is 14.9 Å². The summed E-state index contributed by atoms with van der Waals surface area (Å²) in [5.74, 6) is 1.70. The molecule has 0 spiro atoms. The summed E-state index contributed by atoms with van der Waals surface area (Å²) >= 11 is 0. The Bertz CT molecular complexity index is 1450. The van der Waals surface area contributed by atoms with E-state index in [-0.39, 0.29) is 24.0 Å². The molecule has 0 saturated carbocycles. The molecule has 11 nitrogen and oxygen atoms in total. The summed E-state index contributed by atoms with van der Waals surface area (Å²) in [6, 6.07) is 15.7. The molecule has 2 amide bonds. The zero-order valence-corrected chi connectivity index (χ0v) is 24.4. The van der Waals surface area contributed by atoms with Crippen molar-refractivity contribution >= 4 is 33.1 Å². The SMILES string of the molecule is CN(C)CCOc1ccc(NC(=O)Nc2ccc(-c3nc(CS(C)(=O)=O)cc(N4CC5CCC(C4)O5)n3)cc2)cc1. The molecule has 0 radical (unpaired) electrons. The number of likely N-dealkylation sites (N-methyl/N-ethyl adjacent to an activating group) is 1. The van der Waals surface area contributed by atoms with Crippen molar-refractivity contribution in [1.29, 1.82) is 0 Å². The number of hydrogen-bond donors (Lipinski definition) is 2. The zero-order valence-electron chi connectivity index (χ0n) is 23.5. The lowest BCUT2D eigenvalue weighted by Gasteiger charge is -2.33.